The molecule has 0 amide bonds. The largest absolute Gasteiger partial charge is 0.467 e. The quantitative estimate of drug-likeness (QED) is 0.377. The van der Waals surface area contributed by atoms with E-state index in [1.807, 2.05) is 41.8 Å². The first-order valence-corrected chi connectivity index (χ1v) is 9.23. The average Bonchev–Trinajstić information content (AvgIpc) is 3.07. The molecule has 0 atom stereocenters. The Hall–Kier alpha value is -2.91. The Morgan fingerprint density at radius 1 is 1.26 bits per heavy atom. The van der Waals surface area contributed by atoms with Crippen molar-refractivity contribution in [2.45, 2.75) is 24.4 Å². The zero-order valence-electron chi connectivity index (χ0n) is 14.5. The van der Waals surface area contributed by atoms with Gasteiger partial charge in [0.25, 0.3) is 5.69 Å². The molecule has 0 N–H and O–H groups in total. The van der Waals surface area contributed by atoms with E-state index in [-0.39, 0.29) is 12.5 Å². The van der Waals surface area contributed by atoms with Gasteiger partial charge in [0, 0.05) is 34.7 Å². The second-order valence-corrected chi connectivity index (χ2v) is 6.89. The number of ether oxygens (including phenoxy) is 2. The molecule has 0 saturated carbocycles. The molecule has 27 heavy (non-hydrogen) atoms. The van der Waals surface area contributed by atoms with Gasteiger partial charge < -0.3 is 9.47 Å². The zero-order valence-corrected chi connectivity index (χ0v) is 15.3. The van der Waals surface area contributed by atoms with Crippen LogP contribution in [-0.2, 0) is 17.1 Å². The number of rotatable bonds is 5. The molecule has 2 aromatic carbocycles. The SMILES string of the molecule is Cc1nnc(SCc2cc([N+](=O)[O-])cc3c2OCOC3)n1-c1ccccc1. The second-order valence-electron chi connectivity index (χ2n) is 5.95. The summed E-state index contributed by atoms with van der Waals surface area (Å²) in [7, 11) is 0. The van der Waals surface area contributed by atoms with E-state index in [2.05, 4.69) is 10.2 Å². The number of nitro benzene ring substituents is 1. The fourth-order valence-corrected chi connectivity index (χ4v) is 3.91. The predicted octanol–water partition coefficient (Wildman–Crippen LogP) is 3.64. The molecule has 0 aliphatic carbocycles. The van der Waals surface area contributed by atoms with Crippen LogP contribution in [0, 0.1) is 17.0 Å². The van der Waals surface area contributed by atoms with E-state index < -0.39 is 4.92 Å². The molecule has 8 nitrogen and oxygen atoms in total. The minimum atomic E-state index is -0.403. The third-order valence-corrected chi connectivity index (χ3v) is 5.13. The van der Waals surface area contributed by atoms with Crippen molar-refractivity contribution in [3.8, 4) is 11.4 Å². The Morgan fingerprint density at radius 2 is 2.07 bits per heavy atom. The molecule has 2 heterocycles. The standard InChI is InChI=1S/C18H16N4O4S/c1-12-19-20-18(21(12)15-5-3-2-4-6-15)27-10-14-8-16(22(23)24)7-13-9-25-11-26-17(13)14/h2-8H,9-11H2,1H3. The van der Waals surface area contributed by atoms with E-state index in [0.29, 0.717) is 28.8 Å². The molecule has 1 aliphatic rings. The highest BCUT2D eigenvalue weighted by atomic mass is 32.2. The normalized spacial score (nSPS) is 13.1. The lowest BCUT2D eigenvalue weighted by Crippen LogP contribution is -2.13. The third kappa shape index (κ3) is 3.51. The van der Waals surface area contributed by atoms with Crippen LogP contribution in [0.1, 0.15) is 17.0 Å². The van der Waals surface area contributed by atoms with Crippen molar-refractivity contribution in [3.63, 3.8) is 0 Å². The maximum atomic E-state index is 11.2. The van der Waals surface area contributed by atoms with Gasteiger partial charge >= 0.3 is 0 Å². The summed E-state index contributed by atoms with van der Waals surface area (Å²) in [4.78, 5) is 10.8. The molecule has 138 valence electrons. The number of nitro groups is 1. The van der Waals surface area contributed by atoms with Gasteiger partial charge in [-0.3, -0.25) is 14.7 Å². The Bertz CT molecular complexity index is 991. The van der Waals surface area contributed by atoms with Crippen LogP contribution in [0.15, 0.2) is 47.6 Å². The average molecular weight is 384 g/mol. The number of aryl methyl sites for hydroxylation is 1. The first kappa shape index (κ1) is 17.5. The van der Waals surface area contributed by atoms with Crippen LogP contribution in [0.2, 0.25) is 0 Å². The topological polar surface area (TPSA) is 92.3 Å². The summed E-state index contributed by atoms with van der Waals surface area (Å²) in [6.07, 6.45) is 0. The highest BCUT2D eigenvalue weighted by Gasteiger charge is 2.22. The Balaban J connectivity index is 1.65. The van der Waals surface area contributed by atoms with Gasteiger partial charge in [0.15, 0.2) is 11.9 Å². The third-order valence-electron chi connectivity index (χ3n) is 4.15. The molecule has 0 radical (unpaired) electrons. The second kappa shape index (κ2) is 7.37. The molecule has 4 rings (SSSR count). The smallest absolute Gasteiger partial charge is 0.270 e. The molecule has 0 bridgehead atoms. The maximum absolute atomic E-state index is 11.2. The summed E-state index contributed by atoms with van der Waals surface area (Å²) in [5, 5.41) is 20.4. The number of non-ortho nitro benzene ring substituents is 1. The van der Waals surface area contributed by atoms with Gasteiger partial charge in [0.05, 0.1) is 11.5 Å². The van der Waals surface area contributed by atoms with E-state index in [1.54, 1.807) is 6.07 Å². The molecule has 0 spiro atoms. The number of hydrogen-bond donors (Lipinski definition) is 0. The summed E-state index contributed by atoms with van der Waals surface area (Å²) in [5.74, 6) is 1.89. The zero-order chi connectivity index (χ0) is 18.8. The Morgan fingerprint density at radius 3 is 2.85 bits per heavy atom. The Kier molecular flexibility index (Phi) is 4.78. The number of nitrogens with zero attached hydrogens (tertiary/aromatic N) is 4. The van der Waals surface area contributed by atoms with E-state index in [0.717, 1.165) is 17.1 Å². The minimum absolute atomic E-state index is 0.0270. The first-order valence-electron chi connectivity index (χ1n) is 8.24. The Labute approximate surface area is 159 Å². The van der Waals surface area contributed by atoms with Crippen molar-refractivity contribution >= 4 is 17.4 Å². The number of fused-ring (bicyclic) bond motifs is 1. The summed E-state index contributed by atoms with van der Waals surface area (Å²) in [6.45, 7) is 2.33. The van der Waals surface area contributed by atoms with Crippen LogP contribution >= 0.6 is 11.8 Å². The predicted molar refractivity (Wildman–Crippen MR) is 99.0 cm³/mol. The lowest BCUT2D eigenvalue weighted by Gasteiger charge is -2.20. The number of hydrogen-bond acceptors (Lipinski definition) is 7. The highest BCUT2D eigenvalue weighted by molar-refractivity contribution is 7.98. The lowest BCUT2D eigenvalue weighted by molar-refractivity contribution is -0.385. The van der Waals surface area contributed by atoms with E-state index in [4.69, 9.17) is 9.47 Å². The minimum Gasteiger partial charge on any atom is -0.467 e. The van der Waals surface area contributed by atoms with Crippen molar-refractivity contribution in [2.75, 3.05) is 6.79 Å². The van der Waals surface area contributed by atoms with E-state index >= 15 is 0 Å². The summed E-state index contributed by atoms with van der Waals surface area (Å²) < 4.78 is 12.8. The van der Waals surface area contributed by atoms with Crippen LogP contribution in [0.25, 0.3) is 5.69 Å². The van der Waals surface area contributed by atoms with Gasteiger partial charge in [-0.1, -0.05) is 30.0 Å². The van der Waals surface area contributed by atoms with Gasteiger partial charge in [-0.2, -0.15) is 0 Å². The van der Waals surface area contributed by atoms with Crippen molar-refractivity contribution in [3.05, 3.63) is 69.5 Å². The molecule has 1 aliphatic heterocycles. The molecule has 0 unspecified atom stereocenters. The summed E-state index contributed by atoms with van der Waals surface area (Å²) in [6, 6.07) is 12.9. The molecule has 0 saturated heterocycles. The fraction of sp³-hybridized carbons (Fsp3) is 0.222. The van der Waals surface area contributed by atoms with Crippen LogP contribution < -0.4 is 4.74 Å². The van der Waals surface area contributed by atoms with Gasteiger partial charge in [0.2, 0.25) is 0 Å². The number of para-hydroxylation sites is 1. The first-order chi connectivity index (χ1) is 13.1. The van der Waals surface area contributed by atoms with Crippen LogP contribution in [0.4, 0.5) is 5.69 Å². The molecule has 0 fully saturated rings. The van der Waals surface area contributed by atoms with Crippen molar-refractivity contribution in [1.82, 2.24) is 14.8 Å². The number of benzene rings is 2. The number of aromatic nitrogens is 3. The van der Waals surface area contributed by atoms with Gasteiger partial charge in [-0.05, 0) is 19.1 Å². The van der Waals surface area contributed by atoms with Gasteiger partial charge in [-0.25, -0.2) is 0 Å². The molecular formula is C18H16N4O4S. The highest BCUT2D eigenvalue weighted by Crippen LogP contribution is 2.36. The lowest BCUT2D eigenvalue weighted by atomic mass is 10.1. The molecule has 9 heteroatoms. The van der Waals surface area contributed by atoms with Crippen molar-refractivity contribution < 1.29 is 14.4 Å². The molecular weight excluding hydrogens is 368 g/mol. The van der Waals surface area contributed by atoms with Crippen molar-refractivity contribution in [2.24, 2.45) is 0 Å². The molecule has 3 aromatic rings. The summed E-state index contributed by atoms with van der Waals surface area (Å²) >= 11 is 1.45. The van der Waals surface area contributed by atoms with Crippen LogP contribution in [0.3, 0.4) is 0 Å². The fourth-order valence-electron chi connectivity index (χ4n) is 2.95. The van der Waals surface area contributed by atoms with Crippen LogP contribution in [0.5, 0.6) is 5.75 Å². The monoisotopic (exact) mass is 384 g/mol. The van der Waals surface area contributed by atoms with E-state index in [9.17, 15) is 10.1 Å². The maximum Gasteiger partial charge on any atom is 0.270 e. The van der Waals surface area contributed by atoms with Crippen LogP contribution in [-0.4, -0.2) is 26.5 Å². The van der Waals surface area contributed by atoms with Crippen molar-refractivity contribution in [1.29, 1.82) is 0 Å². The molecule has 1 aromatic heterocycles. The summed E-state index contributed by atoms with van der Waals surface area (Å²) in [5.41, 5.74) is 2.42. The van der Waals surface area contributed by atoms with Gasteiger partial charge in [0.1, 0.15) is 11.6 Å². The van der Waals surface area contributed by atoms with Gasteiger partial charge in [-0.15, -0.1) is 10.2 Å². The number of thioether (sulfide) groups is 1. The van der Waals surface area contributed by atoms with E-state index in [1.165, 1.54) is 17.8 Å².